The standard InChI is InChI=1S/C37H47F3N3O2P.C2H6/c1-7-31(25-41-27(3)21-30-9-8-29(23-30)12-15-43-16-18-46(6)19-17-43)33-11-10-32(26(2)20-33)24-35(44)42-28(4)22-34(45-5)36(13-14-36)37(38,39)40;1-2/h7-11,20,22-23,25,29H,3-4,12-19,21,24H2,1-2,5-6H3,(H,42,44);1-2H3/b31-7+,34-22-,41-25?;. The van der Waals surface area contributed by atoms with Gasteiger partial charge in [0.1, 0.15) is 11.2 Å². The Kier molecular flexibility index (Phi) is 14.7. The number of benzene rings is 1. The second kappa shape index (κ2) is 18.0. The van der Waals surface area contributed by atoms with Gasteiger partial charge in [0.15, 0.2) is 0 Å². The number of aryl methyl sites for hydroxylation is 1. The molecular formula is C39H53F3N3O2P. The van der Waals surface area contributed by atoms with E-state index in [-0.39, 0.29) is 44.5 Å². The molecule has 2 aliphatic carbocycles. The van der Waals surface area contributed by atoms with Gasteiger partial charge in [-0.3, -0.25) is 9.79 Å². The lowest BCUT2D eigenvalue weighted by atomic mass is 9.98. The SMILES string of the molecule is C=C(CC1=CC(CCN2CCP(C)CC2)C=C1)N=C/C(=C\C)c1ccc(CC(=O)NC(=C)/C=C(\OC)C2(C(F)(F)F)CC2)c(C)c1.CC. The Balaban J connectivity index is 0.00000307. The van der Waals surface area contributed by atoms with E-state index in [1.807, 2.05) is 58.2 Å². The molecular weight excluding hydrogens is 630 g/mol. The average Bonchev–Trinajstić information content (AvgIpc) is 3.76. The first-order chi connectivity index (χ1) is 22.8. The van der Waals surface area contributed by atoms with Crippen LogP contribution in [-0.4, -0.2) is 68.9 Å². The minimum atomic E-state index is -4.41. The first-order valence-corrected chi connectivity index (χ1v) is 19.1. The molecule has 1 saturated carbocycles. The summed E-state index contributed by atoms with van der Waals surface area (Å²) in [6.07, 6.45) is 12.0. The summed E-state index contributed by atoms with van der Waals surface area (Å²) in [5, 5.41) is 2.60. The van der Waals surface area contributed by atoms with E-state index >= 15 is 0 Å². The normalized spacial score (nSPS) is 19.9. The molecule has 1 N–H and O–H groups in total. The number of carbonyl (C=O) groups is 1. The Labute approximate surface area is 287 Å². The average molecular weight is 684 g/mol. The van der Waals surface area contributed by atoms with Crippen LogP contribution in [-0.2, 0) is 16.0 Å². The molecule has 1 unspecified atom stereocenters. The van der Waals surface area contributed by atoms with Gasteiger partial charge in [-0.15, -0.1) is 7.92 Å². The molecule has 0 aromatic heterocycles. The van der Waals surface area contributed by atoms with Gasteiger partial charge in [-0.2, -0.15) is 13.2 Å². The maximum atomic E-state index is 13.5. The van der Waals surface area contributed by atoms with Crippen molar-refractivity contribution in [1.82, 2.24) is 10.2 Å². The predicted octanol–water partition coefficient (Wildman–Crippen LogP) is 9.37. The van der Waals surface area contributed by atoms with E-state index in [1.165, 1.54) is 44.2 Å². The maximum absolute atomic E-state index is 13.5. The van der Waals surface area contributed by atoms with Crippen molar-refractivity contribution in [1.29, 1.82) is 0 Å². The summed E-state index contributed by atoms with van der Waals surface area (Å²) in [6.45, 7) is 21.8. The van der Waals surface area contributed by atoms with Gasteiger partial charge in [-0.25, -0.2) is 0 Å². The van der Waals surface area contributed by atoms with Gasteiger partial charge in [0, 0.05) is 37.1 Å². The highest BCUT2D eigenvalue weighted by Crippen LogP contribution is 2.62. The first-order valence-electron chi connectivity index (χ1n) is 16.9. The first kappa shape index (κ1) is 39.2. The largest absolute Gasteiger partial charge is 0.500 e. The summed E-state index contributed by atoms with van der Waals surface area (Å²) >= 11 is 0. The molecule has 4 rings (SSSR count). The highest BCUT2D eigenvalue weighted by molar-refractivity contribution is 7.56. The van der Waals surface area contributed by atoms with Crippen LogP contribution < -0.4 is 5.32 Å². The van der Waals surface area contributed by atoms with Crippen LogP contribution in [0.2, 0.25) is 0 Å². The molecule has 5 nitrogen and oxygen atoms in total. The Bertz CT molecular complexity index is 1460. The molecule has 9 heteroatoms. The molecule has 1 heterocycles. The van der Waals surface area contributed by atoms with Crippen molar-refractivity contribution < 1.29 is 22.7 Å². The summed E-state index contributed by atoms with van der Waals surface area (Å²) in [5.41, 5.74) is 3.76. The zero-order valence-electron chi connectivity index (χ0n) is 29.6. The van der Waals surface area contributed by atoms with Crippen LogP contribution in [0.4, 0.5) is 13.2 Å². The summed E-state index contributed by atoms with van der Waals surface area (Å²) < 4.78 is 45.5. The topological polar surface area (TPSA) is 53.9 Å². The Morgan fingerprint density at radius 1 is 1.19 bits per heavy atom. The number of nitrogens with zero attached hydrogens (tertiary/aromatic N) is 2. The lowest BCUT2D eigenvalue weighted by molar-refractivity contribution is -0.184. The molecule has 0 bridgehead atoms. The number of hydrogen-bond acceptors (Lipinski definition) is 4. The maximum Gasteiger partial charge on any atom is 0.401 e. The zero-order valence-corrected chi connectivity index (χ0v) is 30.4. The monoisotopic (exact) mass is 683 g/mol. The fraction of sp³-hybridized carbons (Fsp3) is 0.487. The number of methoxy groups -OCH3 is 1. The Hall–Kier alpha value is -3.22. The van der Waals surface area contributed by atoms with E-state index in [2.05, 4.69) is 53.3 Å². The summed E-state index contributed by atoms with van der Waals surface area (Å²) in [7, 11) is 1.46. The number of halogens is 3. The summed E-state index contributed by atoms with van der Waals surface area (Å²) in [4.78, 5) is 20.0. The Morgan fingerprint density at radius 2 is 1.88 bits per heavy atom. The molecule has 0 spiro atoms. The van der Waals surface area contributed by atoms with Gasteiger partial charge in [0.05, 0.1) is 13.5 Å². The molecule has 262 valence electrons. The number of aliphatic imine (C=N–C) groups is 1. The minimum absolute atomic E-state index is 0.0369. The number of hydrogen-bond donors (Lipinski definition) is 1. The van der Waals surface area contributed by atoms with E-state index in [4.69, 9.17) is 4.74 Å². The van der Waals surface area contributed by atoms with E-state index in [0.29, 0.717) is 12.3 Å². The van der Waals surface area contributed by atoms with Crippen LogP contribution in [0.25, 0.3) is 5.57 Å². The van der Waals surface area contributed by atoms with E-state index in [1.54, 1.807) is 0 Å². The van der Waals surface area contributed by atoms with Gasteiger partial charge in [-0.05, 0) is 98.5 Å². The van der Waals surface area contributed by atoms with Gasteiger partial charge in [0.25, 0.3) is 0 Å². The second-order valence-electron chi connectivity index (χ2n) is 12.6. The van der Waals surface area contributed by atoms with Crippen molar-refractivity contribution in [2.24, 2.45) is 16.3 Å². The molecule has 48 heavy (non-hydrogen) atoms. The smallest absolute Gasteiger partial charge is 0.401 e. The van der Waals surface area contributed by atoms with Gasteiger partial charge >= 0.3 is 6.18 Å². The van der Waals surface area contributed by atoms with Crippen molar-refractivity contribution in [3.63, 3.8) is 0 Å². The van der Waals surface area contributed by atoms with Crippen molar-refractivity contribution in [2.75, 3.05) is 45.7 Å². The van der Waals surface area contributed by atoms with Crippen molar-refractivity contribution in [3.05, 3.63) is 101 Å². The van der Waals surface area contributed by atoms with Crippen molar-refractivity contribution in [3.8, 4) is 0 Å². The zero-order chi connectivity index (χ0) is 35.5. The molecule has 1 aromatic rings. The van der Waals surface area contributed by atoms with E-state index in [0.717, 1.165) is 40.9 Å². The highest BCUT2D eigenvalue weighted by Gasteiger charge is 2.66. The van der Waals surface area contributed by atoms with Crippen LogP contribution >= 0.6 is 7.92 Å². The summed E-state index contributed by atoms with van der Waals surface area (Å²) in [5.74, 6) is -0.117. The molecule has 1 amide bonds. The lowest BCUT2D eigenvalue weighted by Crippen LogP contribution is -2.34. The third kappa shape index (κ3) is 10.9. The highest BCUT2D eigenvalue weighted by atomic mass is 31.1. The van der Waals surface area contributed by atoms with Crippen LogP contribution in [0.3, 0.4) is 0 Å². The number of carbonyl (C=O) groups excluding carboxylic acids is 1. The molecule has 3 aliphatic rings. The van der Waals surface area contributed by atoms with Crippen molar-refractivity contribution >= 4 is 25.6 Å². The second-order valence-corrected chi connectivity index (χ2v) is 15.2. The molecule has 2 fully saturated rings. The third-order valence-corrected chi connectivity index (χ3v) is 11.0. The van der Waals surface area contributed by atoms with Gasteiger partial charge < -0.3 is 15.0 Å². The molecule has 1 saturated heterocycles. The number of nitrogens with one attached hydrogen (secondary N) is 1. The summed E-state index contributed by atoms with van der Waals surface area (Å²) in [6, 6.07) is 5.83. The van der Waals surface area contributed by atoms with Gasteiger partial charge in [0.2, 0.25) is 5.91 Å². The van der Waals surface area contributed by atoms with E-state index < -0.39 is 11.6 Å². The number of ether oxygens (including phenoxy) is 1. The fourth-order valence-electron chi connectivity index (χ4n) is 5.94. The van der Waals surface area contributed by atoms with Crippen LogP contribution in [0.5, 0.6) is 0 Å². The molecule has 1 atom stereocenters. The van der Waals surface area contributed by atoms with Crippen LogP contribution in [0.15, 0.2) is 89.5 Å². The number of amides is 1. The van der Waals surface area contributed by atoms with Gasteiger partial charge in [-0.1, -0.05) is 69.5 Å². The predicted molar refractivity (Wildman–Crippen MR) is 197 cm³/mol. The molecule has 0 radical (unpaired) electrons. The van der Waals surface area contributed by atoms with Crippen LogP contribution in [0, 0.1) is 18.3 Å². The Morgan fingerprint density at radius 3 is 2.46 bits per heavy atom. The number of rotatable bonds is 14. The van der Waals surface area contributed by atoms with E-state index in [9.17, 15) is 18.0 Å². The molecule has 1 aliphatic heterocycles. The lowest BCUT2D eigenvalue weighted by Gasteiger charge is -2.30. The minimum Gasteiger partial charge on any atom is -0.500 e. The van der Waals surface area contributed by atoms with Crippen molar-refractivity contribution in [2.45, 2.75) is 66.0 Å². The number of allylic oxidation sites excluding steroid dienone is 8. The van der Waals surface area contributed by atoms with Crippen LogP contribution in [0.1, 0.15) is 63.1 Å². The quantitative estimate of drug-likeness (QED) is 0.0921. The molecule has 1 aromatic carbocycles. The number of alkyl halides is 3. The fourth-order valence-corrected chi connectivity index (χ4v) is 7.42. The third-order valence-electron chi connectivity index (χ3n) is 9.08.